The van der Waals surface area contributed by atoms with Gasteiger partial charge in [0.1, 0.15) is 4.88 Å². The molecule has 1 aliphatic heterocycles. The molecule has 2 aromatic carbocycles. The van der Waals surface area contributed by atoms with Crippen LogP contribution >= 0.6 is 27.3 Å². The van der Waals surface area contributed by atoms with E-state index in [-0.39, 0.29) is 22.7 Å². The lowest BCUT2D eigenvalue weighted by atomic mass is 9.97. The van der Waals surface area contributed by atoms with Crippen LogP contribution in [0.4, 0.5) is 5.69 Å². The molecule has 0 unspecified atom stereocenters. The summed E-state index contributed by atoms with van der Waals surface area (Å²) in [5.74, 6) is -0.787. The fourth-order valence-electron chi connectivity index (χ4n) is 3.68. The van der Waals surface area contributed by atoms with Crippen molar-refractivity contribution in [3.63, 3.8) is 0 Å². The molecule has 1 saturated heterocycles. The molecule has 0 bridgehead atoms. The number of methoxy groups -OCH3 is 1. The first-order chi connectivity index (χ1) is 15.3. The van der Waals surface area contributed by atoms with Crippen molar-refractivity contribution in [1.29, 1.82) is 0 Å². The Bertz CT molecular complexity index is 1260. The first kappa shape index (κ1) is 22.9. The first-order valence-electron chi connectivity index (χ1n) is 9.96. The van der Waals surface area contributed by atoms with Gasteiger partial charge in [-0.05, 0) is 66.8 Å². The van der Waals surface area contributed by atoms with Crippen LogP contribution in [0.1, 0.15) is 22.5 Å². The lowest BCUT2D eigenvalue weighted by molar-refractivity contribution is -0.120. The zero-order valence-electron chi connectivity index (χ0n) is 17.2. The Kier molecular flexibility index (Phi) is 6.66. The minimum atomic E-state index is -3.57. The van der Waals surface area contributed by atoms with Gasteiger partial charge in [-0.2, -0.15) is 4.31 Å². The molecule has 1 aromatic heterocycles. The number of nitrogens with zero attached hydrogens (tertiary/aromatic N) is 1. The molecule has 1 N–H and O–H groups in total. The topological polar surface area (TPSA) is 92.8 Å². The van der Waals surface area contributed by atoms with E-state index >= 15 is 0 Å². The van der Waals surface area contributed by atoms with E-state index in [0.29, 0.717) is 36.5 Å². The van der Waals surface area contributed by atoms with Crippen molar-refractivity contribution in [2.45, 2.75) is 17.7 Å². The van der Waals surface area contributed by atoms with Crippen LogP contribution in [0.3, 0.4) is 0 Å². The van der Waals surface area contributed by atoms with Crippen molar-refractivity contribution >= 4 is 64.9 Å². The van der Waals surface area contributed by atoms with Gasteiger partial charge >= 0.3 is 5.97 Å². The number of benzene rings is 2. The van der Waals surface area contributed by atoms with Crippen LogP contribution < -0.4 is 5.32 Å². The molecule has 1 amide bonds. The summed E-state index contributed by atoms with van der Waals surface area (Å²) in [6, 6.07) is 13.8. The summed E-state index contributed by atoms with van der Waals surface area (Å²) in [6.45, 7) is 0.588. The predicted octanol–water partition coefficient (Wildman–Crippen LogP) is 4.49. The molecule has 10 heteroatoms. The Morgan fingerprint density at radius 1 is 1.09 bits per heavy atom. The second-order valence-corrected chi connectivity index (χ2v) is 11.4. The molecule has 4 rings (SSSR count). The van der Waals surface area contributed by atoms with E-state index in [1.807, 2.05) is 12.1 Å². The second kappa shape index (κ2) is 9.30. The highest BCUT2D eigenvalue weighted by Crippen LogP contribution is 2.30. The Balaban J connectivity index is 1.39. The number of esters is 1. The maximum atomic E-state index is 12.8. The average molecular weight is 537 g/mol. The van der Waals surface area contributed by atoms with Crippen molar-refractivity contribution in [1.82, 2.24) is 4.31 Å². The van der Waals surface area contributed by atoms with Gasteiger partial charge in [0.05, 0.1) is 12.0 Å². The highest BCUT2D eigenvalue weighted by molar-refractivity contribution is 9.10. The van der Waals surface area contributed by atoms with E-state index in [2.05, 4.69) is 21.2 Å². The van der Waals surface area contributed by atoms with Crippen LogP contribution in [-0.2, 0) is 19.6 Å². The van der Waals surface area contributed by atoms with Crippen LogP contribution in [0.2, 0.25) is 0 Å². The molecule has 7 nitrogen and oxygen atoms in total. The van der Waals surface area contributed by atoms with Crippen LogP contribution in [0, 0.1) is 5.92 Å². The molecule has 0 atom stereocenters. The minimum absolute atomic E-state index is 0.131. The van der Waals surface area contributed by atoms with Gasteiger partial charge in [0, 0.05) is 33.9 Å². The zero-order chi connectivity index (χ0) is 22.9. The van der Waals surface area contributed by atoms with Crippen LogP contribution in [0.5, 0.6) is 0 Å². The Hall–Kier alpha value is -2.27. The molecule has 0 spiro atoms. The second-order valence-electron chi connectivity index (χ2n) is 7.48. The standard InChI is InChI=1S/C22H21BrN2O5S2/c1-30-22(27)20-13-15-12-17(4-7-19(15)31-20)24-21(26)14-8-10-25(11-9-14)32(28,29)18-5-2-16(23)3-6-18/h2-7,12-14H,8-11H2,1H3,(H,24,26). The summed E-state index contributed by atoms with van der Waals surface area (Å²) in [5, 5.41) is 3.77. The summed E-state index contributed by atoms with van der Waals surface area (Å²) < 4.78 is 33.6. The van der Waals surface area contributed by atoms with Crippen LogP contribution in [-0.4, -0.2) is 44.8 Å². The third-order valence-electron chi connectivity index (χ3n) is 5.45. The smallest absolute Gasteiger partial charge is 0.348 e. The average Bonchev–Trinajstić information content (AvgIpc) is 3.22. The van der Waals surface area contributed by atoms with Crippen molar-refractivity contribution in [3.8, 4) is 0 Å². The molecule has 1 fully saturated rings. The van der Waals surface area contributed by atoms with E-state index in [0.717, 1.165) is 14.6 Å². The van der Waals surface area contributed by atoms with Crippen molar-refractivity contribution < 1.29 is 22.7 Å². The number of hydrogen-bond acceptors (Lipinski definition) is 6. The third kappa shape index (κ3) is 4.73. The predicted molar refractivity (Wildman–Crippen MR) is 127 cm³/mol. The van der Waals surface area contributed by atoms with E-state index in [9.17, 15) is 18.0 Å². The monoisotopic (exact) mass is 536 g/mol. The van der Waals surface area contributed by atoms with Gasteiger partial charge in [0.25, 0.3) is 0 Å². The van der Waals surface area contributed by atoms with E-state index < -0.39 is 10.0 Å². The van der Waals surface area contributed by atoms with Gasteiger partial charge in [-0.3, -0.25) is 4.79 Å². The molecule has 0 radical (unpaired) electrons. The van der Waals surface area contributed by atoms with Crippen molar-refractivity contribution in [3.05, 3.63) is 57.9 Å². The number of rotatable bonds is 5. The van der Waals surface area contributed by atoms with E-state index in [4.69, 9.17) is 4.74 Å². The normalized spacial score (nSPS) is 15.6. The summed E-state index contributed by atoms with van der Waals surface area (Å²) in [4.78, 5) is 25.2. The van der Waals surface area contributed by atoms with E-state index in [1.54, 1.807) is 36.4 Å². The van der Waals surface area contributed by atoms with Crippen molar-refractivity contribution in [2.24, 2.45) is 5.92 Å². The van der Waals surface area contributed by atoms with Gasteiger partial charge in [-0.1, -0.05) is 15.9 Å². The number of halogens is 1. The lowest BCUT2D eigenvalue weighted by Crippen LogP contribution is -2.41. The molecular weight excluding hydrogens is 516 g/mol. The molecule has 1 aliphatic rings. The van der Waals surface area contributed by atoms with Crippen molar-refractivity contribution in [2.75, 3.05) is 25.5 Å². The summed E-state index contributed by atoms with van der Waals surface area (Å²) in [7, 11) is -2.23. The number of anilines is 1. The fraction of sp³-hybridized carbons (Fsp3) is 0.273. The van der Waals surface area contributed by atoms with Gasteiger partial charge in [-0.15, -0.1) is 11.3 Å². The fourth-order valence-corrected chi connectivity index (χ4v) is 6.38. The van der Waals surface area contributed by atoms with Gasteiger partial charge in [0.15, 0.2) is 0 Å². The zero-order valence-corrected chi connectivity index (χ0v) is 20.4. The molecule has 0 saturated carbocycles. The molecule has 3 aromatic rings. The summed E-state index contributed by atoms with van der Waals surface area (Å²) >= 11 is 4.65. The number of sulfonamides is 1. The number of amides is 1. The van der Waals surface area contributed by atoms with Gasteiger partial charge in [-0.25, -0.2) is 13.2 Å². The number of nitrogens with one attached hydrogen (secondary N) is 1. The number of piperidine rings is 1. The molecule has 32 heavy (non-hydrogen) atoms. The highest BCUT2D eigenvalue weighted by atomic mass is 79.9. The SMILES string of the molecule is COC(=O)c1cc2cc(NC(=O)C3CCN(S(=O)(=O)c4ccc(Br)cc4)CC3)ccc2s1. The quantitative estimate of drug-likeness (QED) is 0.485. The number of thiophene rings is 1. The highest BCUT2D eigenvalue weighted by Gasteiger charge is 2.32. The third-order valence-corrected chi connectivity index (χ3v) is 8.98. The summed E-state index contributed by atoms with van der Waals surface area (Å²) in [6.07, 6.45) is 0.906. The number of carbonyl (C=O) groups is 2. The molecular formula is C22H21BrN2O5S2. The Labute approximate surface area is 198 Å². The number of ether oxygens (including phenoxy) is 1. The summed E-state index contributed by atoms with van der Waals surface area (Å²) in [5.41, 5.74) is 0.640. The maximum absolute atomic E-state index is 12.8. The maximum Gasteiger partial charge on any atom is 0.348 e. The molecule has 2 heterocycles. The lowest BCUT2D eigenvalue weighted by Gasteiger charge is -2.30. The number of fused-ring (bicyclic) bond motifs is 1. The van der Waals surface area contributed by atoms with Gasteiger partial charge in [0.2, 0.25) is 15.9 Å². The van der Waals surface area contributed by atoms with Gasteiger partial charge < -0.3 is 10.1 Å². The Morgan fingerprint density at radius 3 is 2.44 bits per heavy atom. The van der Waals surface area contributed by atoms with E-state index in [1.165, 1.54) is 22.8 Å². The molecule has 0 aliphatic carbocycles. The molecule has 168 valence electrons. The first-order valence-corrected chi connectivity index (χ1v) is 13.0. The minimum Gasteiger partial charge on any atom is -0.465 e. The Morgan fingerprint density at radius 2 is 1.78 bits per heavy atom. The number of hydrogen-bond donors (Lipinski definition) is 1. The number of carbonyl (C=O) groups excluding carboxylic acids is 2. The van der Waals surface area contributed by atoms with Crippen LogP contribution in [0.25, 0.3) is 10.1 Å². The van der Waals surface area contributed by atoms with Crippen LogP contribution in [0.15, 0.2) is 57.9 Å². The largest absolute Gasteiger partial charge is 0.465 e.